The van der Waals surface area contributed by atoms with E-state index in [2.05, 4.69) is 35.5 Å². The zero-order chi connectivity index (χ0) is 19.3. The summed E-state index contributed by atoms with van der Waals surface area (Å²) in [5.41, 5.74) is 1.07. The second kappa shape index (κ2) is 8.10. The van der Waals surface area contributed by atoms with Gasteiger partial charge in [-0.1, -0.05) is 6.07 Å². The van der Waals surface area contributed by atoms with E-state index in [0.29, 0.717) is 24.0 Å². The lowest BCUT2D eigenvalue weighted by Gasteiger charge is -2.08. The minimum Gasteiger partial charge on any atom is -0.367 e. The summed E-state index contributed by atoms with van der Waals surface area (Å²) in [5, 5.41) is 14.1. The zero-order valence-corrected chi connectivity index (χ0v) is 15.7. The summed E-state index contributed by atoms with van der Waals surface area (Å²) in [7, 11) is -1.91. The molecule has 3 aromatic rings. The molecule has 0 aliphatic rings. The van der Waals surface area contributed by atoms with Crippen molar-refractivity contribution < 1.29 is 8.42 Å². The van der Waals surface area contributed by atoms with Gasteiger partial charge in [0, 0.05) is 32.5 Å². The van der Waals surface area contributed by atoms with Crippen molar-refractivity contribution in [1.82, 2.24) is 29.5 Å². The van der Waals surface area contributed by atoms with Crippen molar-refractivity contribution >= 4 is 27.5 Å². The molecule has 11 heteroatoms. The maximum absolute atomic E-state index is 12.0. The van der Waals surface area contributed by atoms with Crippen LogP contribution in [-0.2, 0) is 17.1 Å². The molecule has 0 amide bonds. The highest BCUT2D eigenvalue weighted by molar-refractivity contribution is 7.89. The fourth-order valence-corrected chi connectivity index (χ4v) is 3.15. The molecule has 27 heavy (non-hydrogen) atoms. The first kappa shape index (κ1) is 18.7. The molecule has 3 N–H and O–H groups in total. The molecule has 0 saturated heterocycles. The lowest BCUT2D eigenvalue weighted by Crippen LogP contribution is -2.29. The van der Waals surface area contributed by atoms with Gasteiger partial charge in [-0.25, -0.2) is 23.1 Å². The molecule has 3 aromatic heterocycles. The van der Waals surface area contributed by atoms with Crippen LogP contribution in [0.1, 0.15) is 5.56 Å². The summed E-state index contributed by atoms with van der Waals surface area (Å²) < 4.78 is 28.1. The molecule has 0 aromatic carbocycles. The van der Waals surface area contributed by atoms with E-state index in [4.69, 9.17) is 0 Å². The van der Waals surface area contributed by atoms with Crippen molar-refractivity contribution in [3.8, 4) is 0 Å². The molecule has 3 heterocycles. The highest BCUT2D eigenvalue weighted by atomic mass is 32.2. The van der Waals surface area contributed by atoms with Gasteiger partial charge in [-0.3, -0.25) is 0 Å². The predicted molar refractivity (Wildman–Crippen MR) is 101 cm³/mol. The number of nitrogens with one attached hydrogen (secondary N) is 3. The van der Waals surface area contributed by atoms with Crippen LogP contribution in [0.5, 0.6) is 0 Å². The van der Waals surface area contributed by atoms with E-state index < -0.39 is 10.0 Å². The fourth-order valence-electron chi connectivity index (χ4n) is 2.14. The minimum atomic E-state index is -3.61. The van der Waals surface area contributed by atoms with Crippen molar-refractivity contribution in [2.45, 2.75) is 11.9 Å². The second-order valence-electron chi connectivity index (χ2n) is 5.85. The van der Waals surface area contributed by atoms with Gasteiger partial charge in [-0.2, -0.15) is 0 Å². The van der Waals surface area contributed by atoms with Gasteiger partial charge < -0.3 is 15.2 Å². The largest absolute Gasteiger partial charge is 0.367 e. The third-order valence-electron chi connectivity index (χ3n) is 3.51. The molecule has 0 radical (unpaired) electrons. The summed E-state index contributed by atoms with van der Waals surface area (Å²) in [6, 6.07) is 7.31. The third kappa shape index (κ3) is 5.21. The van der Waals surface area contributed by atoms with Crippen LogP contribution in [0.15, 0.2) is 48.0 Å². The predicted octanol–water partition coefficient (Wildman–Crippen LogP) is 1.05. The van der Waals surface area contributed by atoms with Crippen LogP contribution < -0.4 is 15.4 Å². The minimum absolute atomic E-state index is 0.00932. The van der Waals surface area contributed by atoms with Gasteiger partial charge in [0.15, 0.2) is 10.8 Å². The number of hydrogen-bond acceptors (Lipinski definition) is 8. The van der Waals surface area contributed by atoms with Gasteiger partial charge in [-0.15, -0.1) is 10.2 Å². The highest BCUT2D eigenvalue weighted by Gasteiger charge is 2.15. The van der Waals surface area contributed by atoms with E-state index in [9.17, 15) is 8.42 Å². The van der Waals surface area contributed by atoms with Crippen molar-refractivity contribution in [3.05, 3.63) is 48.5 Å². The van der Waals surface area contributed by atoms with E-state index in [1.807, 2.05) is 19.1 Å². The lowest BCUT2D eigenvalue weighted by atomic mass is 10.3. The summed E-state index contributed by atoms with van der Waals surface area (Å²) >= 11 is 0. The molecule has 142 valence electrons. The number of pyridine rings is 1. The lowest BCUT2D eigenvalue weighted by molar-refractivity contribution is 0.579. The van der Waals surface area contributed by atoms with Crippen molar-refractivity contribution in [2.24, 2.45) is 7.05 Å². The molecule has 0 atom stereocenters. The molecular formula is C16H20N8O2S. The quantitative estimate of drug-likeness (QED) is 0.489. The Labute approximate surface area is 157 Å². The molecule has 10 nitrogen and oxygen atoms in total. The molecule has 0 aliphatic heterocycles. The average Bonchev–Trinajstić information content (AvgIpc) is 3.09. The van der Waals surface area contributed by atoms with Crippen LogP contribution in [-0.4, -0.2) is 46.2 Å². The van der Waals surface area contributed by atoms with Crippen LogP contribution in [0.3, 0.4) is 0 Å². The highest BCUT2D eigenvalue weighted by Crippen LogP contribution is 2.12. The molecular weight excluding hydrogens is 368 g/mol. The Morgan fingerprint density at radius 3 is 2.37 bits per heavy atom. The molecule has 0 fully saturated rings. The average molecular weight is 388 g/mol. The maximum atomic E-state index is 12.0. The van der Waals surface area contributed by atoms with E-state index in [0.717, 1.165) is 5.56 Å². The first-order valence-electron chi connectivity index (χ1n) is 8.17. The Bertz CT molecular complexity index is 984. The Morgan fingerprint density at radius 1 is 1.00 bits per heavy atom. The number of aromatic nitrogens is 5. The van der Waals surface area contributed by atoms with Crippen LogP contribution in [0.4, 0.5) is 17.5 Å². The maximum Gasteiger partial charge on any atom is 0.259 e. The Morgan fingerprint density at radius 2 is 1.74 bits per heavy atom. The van der Waals surface area contributed by atoms with E-state index >= 15 is 0 Å². The number of rotatable bonds is 8. The monoisotopic (exact) mass is 388 g/mol. The van der Waals surface area contributed by atoms with Crippen molar-refractivity contribution in [3.63, 3.8) is 0 Å². The van der Waals surface area contributed by atoms with Crippen LogP contribution in [0, 0.1) is 6.92 Å². The Balaban J connectivity index is 1.47. The normalized spacial score (nSPS) is 11.3. The molecule has 0 unspecified atom stereocenters. The van der Waals surface area contributed by atoms with E-state index in [1.54, 1.807) is 29.9 Å². The number of imidazole rings is 1. The third-order valence-corrected chi connectivity index (χ3v) is 4.86. The Hall–Kier alpha value is -3.05. The van der Waals surface area contributed by atoms with Crippen LogP contribution >= 0.6 is 0 Å². The van der Waals surface area contributed by atoms with Crippen molar-refractivity contribution in [1.29, 1.82) is 0 Å². The van der Waals surface area contributed by atoms with Gasteiger partial charge in [0.2, 0.25) is 0 Å². The van der Waals surface area contributed by atoms with Gasteiger partial charge in [-0.05, 0) is 30.7 Å². The smallest absolute Gasteiger partial charge is 0.259 e. The number of sulfonamides is 1. The summed E-state index contributed by atoms with van der Waals surface area (Å²) in [6.45, 7) is 2.51. The van der Waals surface area contributed by atoms with Gasteiger partial charge >= 0.3 is 0 Å². The Kier molecular flexibility index (Phi) is 5.62. The summed E-state index contributed by atoms with van der Waals surface area (Å²) in [4.78, 5) is 8.07. The van der Waals surface area contributed by atoms with Crippen LogP contribution in [0.2, 0.25) is 0 Å². The molecule has 3 rings (SSSR count). The number of anilines is 3. The molecule has 0 aliphatic carbocycles. The number of hydrogen-bond donors (Lipinski definition) is 3. The molecule has 0 spiro atoms. The number of nitrogens with zero attached hydrogens (tertiary/aromatic N) is 5. The summed E-state index contributed by atoms with van der Waals surface area (Å²) in [6.07, 6.45) is 4.64. The van der Waals surface area contributed by atoms with Crippen LogP contribution in [0.25, 0.3) is 0 Å². The van der Waals surface area contributed by atoms with Gasteiger partial charge in [0.05, 0.1) is 6.33 Å². The second-order valence-corrected chi connectivity index (χ2v) is 7.57. The van der Waals surface area contributed by atoms with Gasteiger partial charge in [0.25, 0.3) is 10.0 Å². The molecule has 0 bridgehead atoms. The first-order valence-corrected chi connectivity index (χ1v) is 9.66. The van der Waals surface area contributed by atoms with Gasteiger partial charge in [0.1, 0.15) is 11.6 Å². The van der Waals surface area contributed by atoms with Crippen molar-refractivity contribution in [2.75, 3.05) is 23.7 Å². The van der Waals surface area contributed by atoms with E-state index in [1.165, 1.54) is 12.5 Å². The number of aryl methyl sites for hydroxylation is 2. The first-order chi connectivity index (χ1) is 12.9. The SMILES string of the molecule is Cc1ccc(Nc2ccc(NCCNS(=O)(=O)c3cn(C)cn3)nn2)nc1. The topological polar surface area (TPSA) is 127 Å². The zero-order valence-electron chi connectivity index (χ0n) is 14.9. The fraction of sp³-hybridized carbons (Fsp3) is 0.250. The summed E-state index contributed by atoms with van der Waals surface area (Å²) in [5.74, 6) is 1.78. The molecule has 0 saturated carbocycles. The standard InChI is InChI=1S/C16H20N8O2S/c1-12-3-4-13(18-9-12)21-15-6-5-14(22-23-15)17-7-8-20-27(25,26)16-10-24(2)11-19-16/h3-6,9-11,20H,7-8H2,1-2H3,(H,17,22)(H,18,21,23). The van der Waals surface area contributed by atoms with E-state index in [-0.39, 0.29) is 11.6 Å².